The smallest absolute Gasteiger partial charge is 0.251 e. The minimum atomic E-state index is -0.0485. The SMILES string of the molecule is CCN(CC)c1cc(C(=O)NC(C)Cc2ccccc2)cc(N(CC)CC)n1. The van der Waals surface area contributed by atoms with Crippen LogP contribution in [-0.2, 0) is 6.42 Å². The van der Waals surface area contributed by atoms with Gasteiger partial charge >= 0.3 is 0 Å². The van der Waals surface area contributed by atoms with Gasteiger partial charge in [0.2, 0.25) is 0 Å². The number of benzene rings is 1. The summed E-state index contributed by atoms with van der Waals surface area (Å²) in [5, 5.41) is 3.15. The summed E-state index contributed by atoms with van der Waals surface area (Å²) < 4.78 is 0. The van der Waals surface area contributed by atoms with Gasteiger partial charge in [-0.2, -0.15) is 0 Å². The molecule has 0 aliphatic heterocycles. The fourth-order valence-corrected chi connectivity index (χ4v) is 3.38. The molecule has 5 heteroatoms. The second-order valence-electron chi connectivity index (χ2n) is 6.98. The Balaban J connectivity index is 2.24. The van der Waals surface area contributed by atoms with Crippen LogP contribution < -0.4 is 15.1 Å². The highest BCUT2D eigenvalue weighted by molar-refractivity contribution is 5.96. The minimum absolute atomic E-state index is 0.0485. The number of hydrogen-bond acceptors (Lipinski definition) is 4. The van der Waals surface area contributed by atoms with E-state index in [9.17, 15) is 4.79 Å². The maximum Gasteiger partial charge on any atom is 0.251 e. The molecular weight excluding hydrogens is 348 g/mol. The number of amides is 1. The molecule has 0 radical (unpaired) electrons. The van der Waals surface area contributed by atoms with Gasteiger partial charge in [0, 0.05) is 37.8 Å². The predicted molar refractivity (Wildman–Crippen MR) is 118 cm³/mol. The molecule has 152 valence electrons. The summed E-state index contributed by atoms with van der Waals surface area (Å²) in [5.74, 6) is 1.66. The van der Waals surface area contributed by atoms with Gasteiger partial charge in [-0.3, -0.25) is 4.79 Å². The summed E-state index contributed by atoms with van der Waals surface area (Å²) >= 11 is 0. The van der Waals surface area contributed by atoms with Crippen molar-refractivity contribution in [1.82, 2.24) is 10.3 Å². The van der Waals surface area contributed by atoms with E-state index in [1.54, 1.807) is 0 Å². The molecule has 1 atom stereocenters. The number of rotatable bonds is 10. The van der Waals surface area contributed by atoms with Gasteiger partial charge in [0.05, 0.1) is 0 Å². The Morgan fingerprint density at radius 3 is 1.89 bits per heavy atom. The first-order chi connectivity index (χ1) is 13.5. The molecule has 0 bridgehead atoms. The molecular formula is C23H34N4O. The Hall–Kier alpha value is -2.56. The van der Waals surface area contributed by atoms with E-state index in [1.165, 1.54) is 5.56 Å². The van der Waals surface area contributed by atoms with Crippen molar-refractivity contribution in [2.24, 2.45) is 0 Å². The van der Waals surface area contributed by atoms with E-state index < -0.39 is 0 Å². The third-order valence-electron chi connectivity index (χ3n) is 5.00. The van der Waals surface area contributed by atoms with Crippen LogP contribution in [0.15, 0.2) is 42.5 Å². The molecule has 1 aromatic carbocycles. The van der Waals surface area contributed by atoms with Crippen LogP contribution in [0.2, 0.25) is 0 Å². The standard InChI is InChI=1S/C23H34N4O/c1-6-26(7-2)21-16-20(17-22(25-21)27(8-3)9-4)23(28)24-18(5)15-19-13-11-10-12-14-19/h10-14,16-18H,6-9,15H2,1-5H3,(H,24,28). The van der Waals surface area contributed by atoms with Gasteiger partial charge in [-0.25, -0.2) is 4.98 Å². The Morgan fingerprint density at radius 2 is 1.43 bits per heavy atom. The summed E-state index contributed by atoms with van der Waals surface area (Å²) in [6.45, 7) is 13.9. The number of nitrogens with one attached hydrogen (secondary N) is 1. The van der Waals surface area contributed by atoms with Gasteiger partial charge in [-0.15, -0.1) is 0 Å². The van der Waals surface area contributed by atoms with Crippen LogP contribution in [0.25, 0.3) is 0 Å². The molecule has 1 aromatic heterocycles. The zero-order chi connectivity index (χ0) is 20.5. The maximum atomic E-state index is 13.0. The van der Waals surface area contributed by atoms with Gasteiger partial charge in [-0.1, -0.05) is 30.3 Å². The van der Waals surface area contributed by atoms with E-state index in [2.05, 4.69) is 54.9 Å². The van der Waals surface area contributed by atoms with E-state index in [0.717, 1.165) is 44.2 Å². The Morgan fingerprint density at radius 1 is 0.929 bits per heavy atom. The molecule has 28 heavy (non-hydrogen) atoms. The number of aromatic nitrogens is 1. The van der Waals surface area contributed by atoms with E-state index in [-0.39, 0.29) is 11.9 Å². The van der Waals surface area contributed by atoms with Crippen molar-refractivity contribution < 1.29 is 4.79 Å². The Bertz CT molecular complexity index is 709. The van der Waals surface area contributed by atoms with Gasteiger partial charge in [0.15, 0.2) is 0 Å². The first kappa shape index (κ1) is 21.7. The lowest BCUT2D eigenvalue weighted by Gasteiger charge is -2.25. The van der Waals surface area contributed by atoms with Crippen LogP contribution in [0, 0.1) is 0 Å². The summed E-state index contributed by atoms with van der Waals surface area (Å²) in [7, 11) is 0. The molecule has 1 heterocycles. The van der Waals surface area contributed by atoms with Crippen LogP contribution in [-0.4, -0.2) is 43.1 Å². The number of pyridine rings is 1. The molecule has 0 saturated carbocycles. The molecule has 5 nitrogen and oxygen atoms in total. The zero-order valence-corrected chi connectivity index (χ0v) is 17.9. The third-order valence-corrected chi connectivity index (χ3v) is 5.00. The molecule has 0 aliphatic rings. The summed E-state index contributed by atoms with van der Waals surface area (Å²) in [6, 6.07) is 14.1. The highest BCUT2D eigenvalue weighted by Gasteiger charge is 2.17. The molecule has 0 fully saturated rings. The van der Waals surface area contributed by atoms with Crippen LogP contribution in [0.4, 0.5) is 11.6 Å². The number of nitrogens with zero attached hydrogens (tertiary/aromatic N) is 3. The van der Waals surface area contributed by atoms with Crippen LogP contribution >= 0.6 is 0 Å². The van der Waals surface area contributed by atoms with E-state index in [1.807, 2.05) is 37.3 Å². The van der Waals surface area contributed by atoms with Crippen molar-refractivity contribution in [3.8, 4) is 0 Å². The van der Waals surface area contributed by atoms with Gasteiger partial charge in [0.25, 0.3) is 5.91 Å². The molecule has 1 N–H and O–H groups in total. The normalized spacial score (nSPS) is 11.8. The molecule has 2 aromatic rings. The molecule has 1 unspecified atom stereocenters. The van der Waals surface area contributed by atoms with Gasteiger partial charge in [-0.05, 0) is 58.7 Å². The fourth-order valence-electron chi connectivity index (χ4n) is 3.38. The monoisotopic (exact) mass is 382 g/mol. The van der Waals surface area contributed by atoms with Crippen LogP contribution in [0.1, 0.15) is 50.5 Å². The molecule has 0 saturated heterocycles. The third kappa shape index (κ3) is 5.72. The van der Waals surface area contributed by atoms with E-state index in [0.29, 0.717) is 5.56 Å². The molecule has 0 spiro atoms. The quantitative estimate of drug-likeness (QED) is 0.671. The van der Waals surface area contributed by atoms with Gasteiger partial charge in [0.1, 0.15) is 11.6 Å². The Labute approximate surface area is 169 Å². The highest BCUT2D eigenvalue weighted by Crippen LogP contribution is 2.21. The largest absolute Gasteiger partial charge is 0.357 e. The summed E-state index contributed by atoms with van der Waals surface area (Å²) in [4.78, 5) is 22.1. The van der Waals surface area contributed by atoms with E-state index in [4.69, 9.17) is 4.98 Å². The predicted octanol–water partition coefficient (Wildman–Crippen LogP) is 4.14. The Kier molecular flexibility index (Phi) is 8.30. The topological polar surface area (TPSA) is 48.5 Å². The maximum absolute atomic E-state index is 13.0. The fraction of sp³-hybridized carbons (Fsp3) is 0.478. The summed E-state index contributed by atoms with van der Waals surface area (Å²) in [5.41, 5.74) is 1.89. The second-order valence-corrected chi connectivity index (χ2v) is 6.98. The van der Waals surface area contributed by atoms with Crippen LogP contribution in [0.5, 0.6) is 0 Å². The van der Waals surface area contributed by atoms with Gasteiger partial charge < -0.3 is 15.1 Å². The van der Waals surface area contributed by atoms with Crippen molar-refractivity contribution in [1.29, 1.82) is 0 Å². The highest BCUT2D eigenvalue weighted by atomic mass is 16.1. The van der Waals surface area contributed by atoms with Crippen molar-refractivity contribution in [2.75, 3.05) is 36.0 Å². The van der Waals surface area contributed by atoms with Crippen molar-refractivity contribution in [3.05, 3.63) is 53.6 Å². The lowest BCUT2D eigenvalue weighted by atomic mass is 10.1. The lowest BCUT2D eigenvalue weighted by Crippen LogP contribution is -2.35. The molecule has 2 rings (SSSR count). The van der Waals surface area contributed by atoms with Crippen LogP contribution in [0.3, 0.4) is 0 Å². The molecule has 0 aliphatic carbocycles. The number of anilines is 2. The van der Waals surface area contributed by atoms with E-state index >= 15 is 0 Å². The number of hydrogen-bond donors (Lipinski definition) is 1. The lowest BCUT2D eigenvalue weighted by molar-refractivity contribution is 0.0940. The van der Waals surface area contributed by atoms with Crippen molar-refractivity contribution in [3.63, 3.8) is 0 Å². The first-order valence-electron chi connectivity index (χ1n) is 10.4. The first-order valence-corrected chi connectivity index (χ1v) is 10.4. The van der Waals surface area contributed by atoms with Crippen molar-refractivity contribution >= 4 is 17.5 Å². The number of carbonyl (C=O) groups is 1. The summed E-state index contributed by atoms with van der Waals surface area (Å²) in [6.07, 6.45) is 0.809. The second kappa shape index (κ2) is 10.7. The molecule has 1 amide bonds. The minimum Gasteiger partial charge on any atom is -0.357 e. The number of carbonyl (C=O) groups excluding carboxylic acids is 1. The average Bonchev–Trinajstić information content (AvgIpc) is 2.70. The average molecular weight is 383 g/mol. The zero-order valence-electron chi connectivity index (χ0n) is 17.9. The van der Waals surface area contributed by atoms with Crippen molar-refractivity contribution in [2.45, 2.75) is 47.1 Å².